The number of hydrogen-bond acceptors (Lipinski definition) is 2. The molecule has 0 aromatic heterocycles. The van der Waals surface area contributed by atoms with E-state index in [2.05, 4.69) is 37.2 Å². The summed E-state index contributed by atoms with van der Waals surface area (Å²) in [5.74, 6) is -0.799. The quantitative estimate of drug-likeness (QED) is 0.602. The Hall–Kier alpha value is -1.46. The van der Waals surface area contributed by atoms with Crippen molar-refractivity contribution in [2.24, 2.45) is 5.41 Å². The molecule has 0 spiro atoms. The minimum absolute atomic E-state index is 0. The molecule has 0 radical (unpaired) electrons. The number of benzene rings is 1. The van der Waals surface area contributed by atoms with E-state index in [4.69, 9.17) is 0 Å². The van der Waals surface area contributed by atoms with Gasteiger partial charge in [-0.15, -0.1) is 0 Å². The zero-order valence-corrected chi connectivity index (χ0v) is 11.1. The molecule has 0 amide bonds. The molecule has 0 saturated heterocycles. The predicted octanol–water partition coefficient (Wildman–Crippen LogP) is 5.33. The number of alkyl halides is 4. The molecule has 0 bridgehead atoms. The average molecular weight is 296 g/mol. The molecule has 1 aromatic carbocycles. The highest BCUT2D eigenvalue weighted by Crippen LogP contribution is 2.46. The van der Waals surface area contributed by atoms with Crippen molar-refractivity contribution in [3.05, 3.63) is 24.3 Å². The number of halogens is 4. The Morgan fingerprint density at radius 1 is 0.800 bits per heavy atom. The molecule has 0 fully saturated rings. The zero-order chi connectivity index (χ0) is 14.9. The summed E-state index contributed by atoms with van der Waals surface area (Å²) in [6, 6.07) is 5.00. The lowest BCUT2D eigenvalue weighted by atomic mass is 10.0. The van der Waals surface area contributed by atoms with E-state index in [-0.39, 0.29) is 7.43 Å². The Morgan fingerprint density at radius 3 is 1.30 bits per heavy atom. The van der Waals surface area contributed by atoms with Gasteiger partial charge in [0.05, 0.1) is 0 Å². The summed E-state index contributed by atoms with van der Waals surface area (Å²) in [5.41, 5.74) is 0.500. The third kappa shape index (κ3) is 4.90. The fraction of sp³-hybridized carbons (Fsp3) is 0.571. The van der Waals surface area contributed by atoms with E-state index in [1.54, 1.807) is 0 Å². The molecule has 0 saturated carbocycles. The lowest BCUT2D eigenvalue weighted by molar-refractivity contribution is -0.391. The molecule has 2 rings (SSSR count). The van der Waals surface area contributed by atoms with Crippen LogP contribution in [-0.4, -0.2) is 12.2 Å². The summed E-state index contributed by atoms with van der Waals surface area (Å²) in [6.07, 6.45) is -9.28. The Balaban J connectivity index is 0.000000526. The topological polar surface area (TPSA) is 18.5 Å². The minimum Gasteiger partial charge on any atom is -0.421 e. The van der Waals surface area contributed by atoms with E-state index in [9.17, 15) is 17.6 Å². The van der Waals surface area contributed by atoms with E-state index >= 15 is 0 Å². The van der Waals surface area contributed by atoms with Crippen molar-refractivity contribution in [1.29, 1.82) is 0 Å². The van der Waals surface area contributed by atoms with Gasteiger partial charge in [0.25, 0.3) is 0 Å². The van der Waals surface area contributed by atoms with E-state index in [1.807, 2.05) is 0 Å². The Morgan fingerprint density at radius 2 is 1.05 bits per heavy atom. The maximum absolute atomic E-state index is 12.6. The van der Waals surface area contributed by atoms with E-state index in [0.717, 1.165) is 12.1 Å². The molecular formula is C14H20F4O2. The van der Waals surface area contributed by atoms with Crippen LogP contribution in [0.25, 0.3) is 0 Å². The fourth-order valence-electron chi connectivity index (χ4n) is 1.01. The average Bonchev–Trinajstić information content (AvgIpc) is 2.16. The molecule has 1 aromatic rings. The lowest BCUT2D eigenvalue weighted by Gasteiger charge is -2.31. The summed E-state index contributed by atoms with van der Waals surface area (Å²) in [5, 5.41) is 0. The van der Waals surface area contributed by atoms with Crippen LogP contribution in [0, 0.1) is 5.41 Å². The van der Waals surface area contributed by atoms with Gasteiger partial charge in [0.1, 0.15) is 0 Å². The van der Waals surface area contributed by atoms with Crippen LogP contribution in [0.2, 0.25) is 0 Å². The summed E-state index contributed by atoms with van der Waals surface area (Å²) in [4.78, 5) is 0. The van der Waals surface area contributed by atoms with Gasteiger partial charge in [-0.05, 0) is 17.5 Å². The number of fused-ring (bicyclic) bond motifs is 1. The second kappa shape index (κ2) is 5.89. The van der Waals surface area contributed by atoms with Crippen molar-refractivity contribution in [2.75, 3.05) is 0 Å². The molecule has 0 unspecified atom stereocenters. The lowest BCUT2D eigenvalue weighted by Crippen LogP contribution is -2.52. The Kier molecular flexibility index (Phi) is 5.46. The van der Waals surface area contributed by atoms with Gasteiger partial charge in [-0.25, -0.2) is 0 Å². The van der Waals surface area contributed by atoms with Crippen LogP contribution < -0.4 is 9.47 Å². The van der Waals surface area contributed by atoms with Gasteiger partial charge in [0, 0.05) is 0 Å². The second-order valence-electron chi connectivity index (χ2n) is 5.68. The molecule has 116 valence electrons. The van der Waals surface area contributed by atoms with Crippen LogP contribution in [0.5, 0.6) is 11.5 Å². The first-order chi connectivity index (χ1) is 8.42. The van der Waals surface area contributed by atoms with Gasteiger partial charge in [-0.2, -0.15) is 17.6 Å². The molecule has 1 aliphatic heterocycles. The predicted molar refractivity (Wildman–Crippen MR) is 69.5 cm³/mol. The summed E-state index contributed by atoms with van der Waals surface area (Å²) < 4.78 is 57.9. The maximum atomic E-state index is 12.6. The van der Waals surface area contributed by atoms with Crippen molar-refractivity contribution >= 4 is 0 Å². The molecule has 1 heterocycles. The summed E-state index contributed by atoms with van der Waals surface area (Å²) in [7, 11) is 0. The van der Waals surface area contributed by atoms with Crippen LogP contribution in [0.1, 0.15) is 35.1 Å². The van der Waals surface area contributed by atoms with Crippen LogP contribution in [0.3, 0.4) is 0 Å². The number of hydrogen-bond donors (Lipinski definition) is 0. The van der Waals surface area contributed by atoms with Crippen molar-refractivity contribution in [3.63, 3.8) is 0 Å². The van der Waals surface area contributed by atoms with Gasteiger partial charge < -0.3 is 9.47 Å². The monoisotopic (exact) mass is 296 g/mol. The molecule has 6 heteroatoms. The highest BCUT2D eigenvalue weighted by Gasteiger charge is 2.65. The molecular weight excluding hydrogens is 276 g/mol. The highest BCUT2D eigenvalue weighted by molar-refractivity contribution is 5.41. The van der Waals surface area contributed by atoms with Crippen molar-refractivity contribution in [1.82, 2.24) is 0 Å². The van der Waals surface area contributed by atoms with Crippen LogP contribution in [0.15, 0.2) is 24.3 Å². The molecule has 0 atom stereocenters. The number of rotatable bonds is 0. The van der Waals surface area contributed by atoms with Gasteiger partial charge >= 0.3 is 12.2 Å². The first-order valence-corrected chi connectivity index (χ1v) is 5.65. The highest BCUT2D eigenvalue weighted by atomic mass is 19.3. The molecule has 0 aliphatic carbocycles. The van der Waals surface area contributed by atoms with Gasteiger partial charge in [-0.3, -0.25) is 0 Å². The summed E-state index contributed by atoms with van der Waals surface area (Å²) >= 11 is 0. The minimum atomic E-state index is -4.64. The number of para-hydroxylation sites is 2. The molecule has 1 aliphatic rings. The van der Waals surface area contributed by atoms with E-state index < -0.39 is 23.7 Å². The van der Waals surface area contributed by atoms with Crippen molar-refractivity contribution in [3.8, 4) is 11.5 Å². The Labute approximate surface area is 116 Å². The van der Waals surface area contributed by atoms with Crippen LogP contribution in [-0.2, 0) is 0 Å². The van der Waals surface area contributed by atoms with Crippen molar-refractivity contribution in [2.45, 2.75) is 47.3 Å². The molecule has 0 N–H and O–H groups in total. The molecule has 2 nitrogen and oxygen atoms in total. The van der Waals surface area contributed by atoms with Crippen molar-refractivity contribution < 1.29 is 27.0 Å². The largest absolute Gasteiger partial charge is 0.507 e. The van der Waals surface area contributed by atoms with Crippen LogP contribution >= 0.6 is 0 Å². The fourth-order valence-corrected chi connectivity index (χ4v) is 1.01. The molecule has 20 heavy (non-hydrogen) atoms. The maximum Gasteiger partial charge on any atom is 0.507 e. The number of ether oxygens (including phenoxy) is 2. The second-order valence-corrected chi connectivity index (χ2v) is 5.68. The van der Waals surface area contributed by atoms with Gasteiger partial charge in [-0.1, -0.05) is 47.3 Å². The third-order valence-corrected chi connectivity index (χ3v) is 1.66. The third-order valence-electron chi connectivity index (χ3n) is 1.66. The normalized spacial score (nSPS) is 18.2. The van der Waals surface area contributed by atoms with Gasteiger partial charge in [0.15, 0.2) is 11.5 Å². The van der Waals surface area contributed by atoms with E-state index in [0.29, 0.717) is 5.41 Å². The zero-order valence-electron chi connectivity index (χ0n) is 11.1. The van der Waals surface area contributed by atoms with Gasteiger partial charge in [0.2, 0.25) is 0 Å². The van der Waals surface area contributed by atoms with E-state index in [1.165, 1.54) is 12.1 Å². The standard InChI is InChI=1S/C8H4F4O2.C5H12.CH4/c9-7(10)8(11,12)14-6-4-2-1-3-5(6)13-7;1-5(2,3)4;/h1-4H;1-4H3;1H4. The van der Waals surface area contributed by atoms with Crippen LogP contribution in [0.4, 0.5) is 17.6 Å². The summed E-state index contributed by atoms with van der Waals surface area (Å²) in [6.45, 7) is 8.75. The first kappa shape index (κ1) is 18.5. The SMILES string of the molecule is C.CC(C)(C)C.FC1(F)Oc2ccccc2OC1(F)F. The first-order valence-electron chi connectivity index (χ1n) is 5.65. The Bertz CT molecular complexity index is 398. The smallest absolute Gasteiger partial charge is 0.421 e.